The second-order valence-corrected chi connectivity index (χ2v) is 8.06. The Balaban J connectivity index is 1.23. The highest BCUT2D eigenvalue weighted by molar-refractivity contribution is 5.94. The van der Waals surface area contributed by atoms with Crippen LogP contribution < -0.4 is 14.8 Å². The quantitative estimate of drug-likeness (QED) is 0.329. The van der Waals surface area contributed by atoms with Crippen molar-refractivity contribution in [2.24, 2.45) is 0 Å². The van der Waals surface area contributed by atoms with E-state index in [2.05, 4.69) is 20.3 Å². The van der Waals surface area contributed by atoms with Crippen LogP contribution in [0, 0.1) is 0 Å². The molecular formula is C28H25N5O3. The molecule has 0 spiro atoms. The van der Waals surface area contributed by atoms with Gasteiger partial charge in [-0.3, -0.25) is 14.3 Å². The van der Waals surface area contributed by atoms with Crippen molar-refractivity contribution in [1.29, 1.82) is 0 Å². The summed E-state index contributed by atoms with van der Waals surface area (Å²) in [5, 5.41) is 2.94. The second kappa shape index (κ2) is 10.7. The number of hydrogen-bond acceptors (Lipinski definition) is 6. The van der Waals surface area contributed by atoms with Crippen molar-refractivity contribution in [3.8, 4) is 17.3 Å². The topological polar surface area (TPSA) is 91.2 Å². The van der Waals surface area contributed by atoms with Gasteiger partial charge in [0.25, 0.3) is 5.91 Å². The number of carbonyl (C=O) groups excluding carboxylic acids is 1. The number of rotatable bonds is 9. The highest BCUT2D eigenvalue weighted by Crippen LogP contribution is 2.29. The van der Waals surface area contributed by atoms with Gasteiger partial charge in [-0.2, -0.15) is 0 Å². The molecule has 8 heteroatoms. The predicted molar refractivity (Wildman–Crippen MR) is 136 cm³/mol. The smallest absolute Gasteiger partial charge is 0.251 e. The van der Waals surface area contributed by atoms with Crippen molar-refractivity contribution in [3.05, 3.63) is 108 Å². The maximum Gasteiger partial charge on any atom is 0.251 e. The predicted octanol–water partition coefficient (Wildman–Crippen LogP) is 4.72. The van der Waals surface area contributed by atoms with Crippen LogP contribution in [0.25, 0.3) is 16.9 Å². The van der Waals surface area contributed by atoms with Crippen molar-refractivity contribution in [3.63, 3.8) is 0 Å². The highest BCUT2D eigenvalue weighted by Gasteiger charge is 2.12. The second-order valence-electron chi connectivity index (χ2n) is 8.06. The van der Waals surface area contributed by atoms with E-state index < -0.39 is 0 Å². The Kier molecular flexibility index (Phi) is 6.84. The molecule has 0 unspecified atom stereocenters. The van der Waals surface area contributed by atoms with Crippen LogP contribution in [0.2, 0.25) is 0 Å². The fourth-order valence-electron chi connectivity index (χ4n) is 3.77. The molecule has 0 aliphatic carbocycles. The van der Waals surface area contributed by atoms with Gasteiger partial charge in [0, 0.05) is 36.3 Å². The number of ether oxygens (including phenoxy) is 2. The highest BCUT2D eigenvalue weighted by atomic mass is 16.5. The summed E-state index contributed by atoms with van der Waals surface area (Å²) < 4.78 is 13.6. The molecule has 0 saturated heterocycles. The first-order valence-electron chi connectivity index (χ1n) is 11.7. The third kappa shape index (κ3) is 5.17. The van der Waals surface area contributed by atoms with Crippen LogP contribution in [0.1, 0.15) is 28.4 Å². The van der Waals surface area contributed by atoms with Gasteiger partial charge in [-0.1, -0.05) is 24.3 Å². The minimum Gasteiger partial charge on any atom is -0.490 e. The summed E-state index contributed by atoms with van der Waals surface area (Å²) in [5.41, 5.74) is 4.22. The summed E-state index contributed by atoms with van der Waals surface area (Å²) in [5.74, 6) is 1.65. The van der Waals surface area contributed by atoms with Gasteiger partial charge < -0.3 is 14.8 Å². The Morgan fingerprint density at radius 3 is 2.64 bits per heavy atom. The number of hydrogen-bond donors (Lipinski definition) is 1. The number of imidazole rings is 1. The van der Waals surface area contributed by atoms with Crippen LogP contribution in [-0.2, 0) is 13.2 Å². The fraction of sp³-hybridized carbons (Fsp3) is 0.143. The van der Waals surface area contributed by atoms with E-state index in [-0.39, 0.29) is 5.91 Å². The zero-order chi connectivity index (χ0) is 24.7. The van der Waals surface area contributed by atoms with E-state index in [1.165, 1.54) is 0 Å². The number of fused-ring (bicyclic) bond motifs is 1. The van der Waals surface area contributed by atoms with E-state index in [0.717, 1.165) is 28.0 Å². The van der Waals surface area contributed by atoms with Gasteiger partial charge in [-0.05, 0) is 55.0 Å². The molecule has 0 radical (unpaired) electrons. The lowest BCUT2D eigenvalue weighted by Gasteiger charge is -2.13. The average Bonchev–Trinajstić information content (AvgIpc) is 3.36. The molecule has 2 aromatic carbocycles. The van der Waals surface area contributed by atoms with E-state index in [0.29, 0.717) is 36.8 Å². The molecule has 0 atom stereocenters. The number of benzene rings is 2. The largest absolute Gasteiger partial charge is 0.490 e. The molecule has 3 heterocycles. The number of aromatic nitrogens is 4. The summed E-state index contributed by atoms with van der Waals surface area (Å²) in [6.07, 6.45) is 6.98. The molecule has 0 aliphatic heterocycles. The van der Waals surface area contributed by atoms with Crippen molar-refractivity contribution in [1.82, 2.24) is 24.8 Å². The van der Waals surface area contributed by atoms with Crippen LogP contribution in [0.4, 0.5) is 0 Å². The minimum absolute atomic E-state index is 0.209. The monoisotopic (exact) mass is 479 g/mol. The third-order valence-electron chi connectivity index (χ3n) is 5.59. The molecule has 0 fully saturated rings. The van der Waals surface area contributed by atoms with E-state index in [1.54, 1.807) is 43.1 Å². The Morgan fingerprint density at radius 2 is 1.83 bits per heavy atom. The summed E-state index contributed by atoms with van der Waals surface area (Å²) in [6, 6.07) is 20.7. The lowest BCUT2D eigenvalue weighted by Crippen LogP contribution is -2.23. The zero-order valence-electron chi connectivity index (χ0n) is 19.8. The molecule has 36 heavy (non-hydrogen) atoms. The Morgan fingerprint density at radius 1 is 0.917 bits per heavy atom. The Bertz CT molecular complexity index is 1470. The molecule has 0 saturated carbocycles. The van der Waals surface area contributed by atoms with Crippen LogP contribution in [0.3, 0.4) is 0 Å². The zero-order valence-corrected chi connectivity index (χ0v) is 19.8. The van der Waals surface area contributed by atoms with Crippen molar-refractivity contribution in [2.45, 2.75) is 20.1 Å². The first-order chi connectivity index (χ1) is 17.7. The molecule has 8 nitrogen and oxygen atoms in total. The molecule has 1 N–H and O–H groups in total. The van der Waals surface area contributed by atoms with Crippen molar-refractivity contribution in [2.75, 3.05) is 6.61 Å². The van der Waals surface area contributed by atoms with Crippen LogP contribution in [0.5, 0.6) is 11.5 Å². The van der Waals surface area contributed by atoms with Gasteiger partial charge in [0.1, 0.15) is 18.8 Å². The lowest BCUT2D eigenvalue weighted by molar-refractivity contribution is 0.0950. The normalized spacial score (nSPS) is 10.8. The summed E-state index contributed by atoms with van der Waals surface area (Å²) >= 11 is 0. The number of carbonyl (C=O) groups is 1. The number of para-hydroxylation sites is 2. The Hall–Kier alpha value is -4.72. The summed E-state index contributed by atoms with van der Waals surface area (Å²) in [7, 11) is 0. The van der Waals surface area contributed by atoms with Crippen molar-refractivity contribution >= 4 is 16.9 Å². The Labute approximate surface area is 208 Å². The standard InChI is InChI=1S/C28H25N5O3/c1-2-35-26-14-22(10-11-25(26)36-18-21-6-5-13-29-15-21)28(34)31-17-20-9-12-27(30-16-20)33-19-32-23-7-3-4-8-24(23)33/h3-16,19H,2,17-18H2,1H3,(H,31,34). The minimum atomic E-state index is -0.209. The lowest BCUT2D eigenvalue weighted by atomic mass is 10.1. The van der Waals surface area contributed by atoms with Crippen LogP contribution in [-0.4, -0.2) is 32.0 Å². The van der Waals surface area contributed by atoms with Crippen LogP contribution >= 0.6 is 0 Å². The van der Waals surface area contributed by atoms with E-state index in [9.17, 15) is 4.79 Å². The molecule has 3 aromatic heterocycles. The molecular weight excluding hydrogens is 454 g/mol. The number of nitrogens with one attached hydrogen (secondary N) is 1. The van der Waals surface area contributed by atoms with Crippen molar-refractivity contribution < 1.29 is 14.3 Å². The van der Waals surface area contributed by atoms with Gasteiger partial charge in [0.15, 0.2) is 11.5 Å². The summed E-state index contributed by atoms with van der Waals surface area (Å²) in [6.45, 7) is 3.05. The van der Waals surface area contributed by atoms with Gasteiger partial charge >= 0.3 is 0 Å². The average molecular weight is 480 g/mol. The molecule has 5 rings (SSSR count). The van der Waals surface area contributed by atoms with Gasteiger partial charge in [0.2, 0.25) is 0 Å². The summed E-state index contributed by atoms with van der Waals surface area (Å²) in [4.78, 5) is 25.9. The van der Waals surface area contributed by atoms with Crippen LogP contribution in [0.15, 0.2) is 91.6 Å². The van der Waals surface area contributed by atoms with Gasteiger partial charge in [-0.15, -0.1) is 0 Å². The number of amides is 1. The molecule has 1 amide bonds. The number of pyridine rings is 2. The van der Waals surface area contributed by atoms with E-state index in [4.69, 9.17) is 9.47 Å². The molecule has 0 bridgehead atoms. The molecule has 0 aliphatic rings. The maximum atomic E-state index is 12.8. The SMILES string of the molecule is CCOc1cc(C(=O)NCc2ccc(-n3cnc4ccccc43)nc2)ccc1OCc1cccnc1. The first kappa shape index (κ1) is 23.0. The van der Waals surface area contributed by atoms with Gasteiger partial charge in [0.05, 0.1) is 17.6 Å². The third-order valence-corrected chi connectivity index (χ3v) is 5.59. The van der Waals surface area contributed by atoms with E-state index in [1.807, 2.05) is 60.0 Å². The number of nitrogens with zero attached hydrogens (tertiary/aromatic N) is 4. The first-order valence-corrected chi connectivity index (χ1v) is 11.7. The molecule has 5 aromatic rings. The fourth-order valence-corrected chi connectivity index (χ4v) is 3.77. The molecule has 180 valence electrons. The maximum absolute atomic E-state index is 12.8. The van der Waals surface area contributed by atoms with E-state index >= 15 is 0 Å². The van der Waals surface area contributed by atoms with Gasteiger partial charge in [-0.25, -0.2) is 9.97 Å².